The van der Waals surface area contributed by atoms with Crippen molar-refractivity contribution >= 4 is 41.5 Å². The van der Waals surface area contributed by atoms with E-state index in [2.05, 4.69) is 24.5 Å². The molecule has 16 heteroatoms. The van der Waals surface area contributed by atoms with E-state index in [1.807, 2.05) is 0 Å². The predicted octanol–water partition coefficient (Wildman–Crippen LogP) is 9.69. The first kappa shape index (κ1) is 68.5. The van der Waals surface area contributed by atoms with E-state index in [9.17, 15) is 33.6 Å². The molecule has 0 spiro atoms. The second-order valence-corrected chi connectivity index (χ2v) is 18.6. The topological polar surface area (TPSA) is 308 Å². The Kier molecular flexibility index (Phi) is 52.9. The summed E-state index contributed by atoms with van der Waals surface area (Å²) in [6.07, 6.45) is 40.8. The van der Waals surface area contributed by atoms with Gasteiger partial charge in [-0.15, -0.1) is 0 Å². The molecule has 0 aliphatic rings. The number of carbonyl (C=O) groups excluding carboxylic acids is 4. The van der Waals surface area contributed by atoms with E-state index in [1.54, 1.807) is 0 Å². The van der Waals surface area contributed by atoms with E-state index in [0.29, 0.717) is 25.8 Å². The van der Waals surface area contributed by atoms with Gasteiger partial charge in [-0.05, 0) is 45.1 Å². The number of nitrogens with two attached hydrogens (primary N) is 4. The molecule has 0 heterocycles. The van der Waals surface area contributed by atoms with Crippen molar-refractivity contribution in [2.75, 3.05) is 6.54 Å². The highest BCUT2D eigenvalue weighted by Crippen LogP contribution is 2.16. The summed E-state index contributed by atoms with van der Waals surface area (Å²) in [5.74, 6) is -4.85. The maximum Gasteiger partial charge on any atom is 0.326 e. The normalized spacial score (nSPS) is 12.1. The van der Waals surface area contributed by atoms with Crippen LogP contribution in [0.1, 0.15) is 264 Å². The Balaban J connectivity index is -0.00000103. The number of hydrogen-bond acceptors (Lipinski definition) is 9. The van der Waals surface area contributed by atoms with Crippen LogP contribution >= 0.6 is 0 Å². The van der Waals surface area contributed by atoms with Crippen molar-refractivity contribution in [1.82, 2.24) is 10.6 Å². The van der Waals surface area contributed by atoms with Gasteiger partial charge in [0.15, 0.2) is 0 Å². The fourth-order valence-electron chi connectivity index (χ4n) is 7.57. The van der Waals surface area contributed by atoms with Crippen LogP contribution in [0.5, 0.6) is 0 Å². The standard InChI is InChI=1S/2C23H44N2O4.C6H14N2O2/c2*1-2-3-4-5-6-7-8-9-10-11-12-13-14-15-16-17-22(27)25-20(23(28)29)18-19-21(24)26;7-4-2-1-3-5(8)6(9)10/h2*20H,2-19H2,1H3,(H2,24,26)(H,25,27)(H,28,29);5H,1-4,7-8H2,(H,9,10). The summed E-state index contributed by atoms with van der Waals surface area (Å²) in [7, 11) is 0. The summed E-state index contributed by atoms with van der Waals surface area (Å²) in [5.41, 5.74) is 20.5. The summed E-state index contributed by atoms with van der Waals surface area (Å²) in [4.78, 5) is 77.5. The zero-order valence-corrected chi connectivity index (χ0v) is 43.0. The minimum atomic E-state index is -1.13. The lowest BCUT2D eigenvalue weighted by molar-refractivity contribution is -0.142. The van der Waals surface area contributed by atoms with Crippen molar-refractivity contribution in [3.8, 4) is 0 Å². The zero-order valence-electron chi connectivity index (χ0n) is 43.0. The molecular formula is C52H102N6O10. The number of carboxylic acid groups (broad SMARTS) is 3. The first-order valence-corrected chi connectivity index (χ1v) is 26.9. The van der Waals surface area contributed by atoms with Crippen LogP contribution in [0.2, 0.25) is 0 Å². The molecule has 0 saturated carbocycles. The molecule has 13 N–H and O–H groups in total. The van der Waals surface area contributed by atoms with Crippen molar-refractivity contribution < 1.29 is 48.9 Å². The number of amides is 4. The SMILES string of the molecule is CCCCCCCCCCCCCCCCCC(=O)NC(CCC(N)=O)C(=O)O.CCCCCCCCCCCCCCCCCC(=O)NC(CCC(N)=O)C(=O)O.NCCCCC(N)C(=O)O. The van der Waals surface area contributed by atoms with Crippen LogP contribution in [0.25, 0.3) is 0 Å². The Morgan fingerprint density at radius 3 is 0.853 bits per heavy atom. The lowest BCUT2D eigenvalue weighted by atomic mass is 10.0. The zero-order chi connectivity index (χ0) is 51.5. The van der Waals surface area contributed by atoms with Gasteiger partial charge in [0.1, 0.15) is 18.1 Å². The second kappa shape index (κ2) is 52.6. The molecule has 0 radical (unpaired) electrons. The van der Waals surface area contributed by atoms with Gasteiger partial charge in [0.05, 0.1) is 0 Å². The Hall–Kier alpha value is -3.79. The summed E-state index contributed by atoms with van der Waals surface area (Å²) < 4.78 is 0. The fourth-order valence-corrected chi connectivity index (χ4v) is 7.57. The summed E-state index contributed by atoms with van der Waals surface area (Å²) >= 11 is 0. The molecule has 400 valence electrons. The van der Waals surface area contributed by atoms with Crippen molar-refractivity contribution in [1.29, 1.82) is 0 Å². The molecule has 0 rings (SSSR count). The molecule has 0 aromatic heterocycles. The minimum absolute atomic E-state index is 0.0370. The predicted molar refractivity (Wildman–Crippen MR) is 274 cm³/mol. The van der Waals surface area contributed by atoms with Crippen LogP contribution in [-0.2, 0) is 33.6 Å². The summed E-state index contributed by atoms with van der Waals surface area (Å²) in [5, 5.41) is 31.4. The van der Waals surface area contributed by atoms with Crippen LogP contribution in [0, 0.1) is 0 Å². The van der Waals surface area contributed by atoms with E-state index >= 15 is 0 Å². The van der Waals surface area contributed by atoms with Gasteiger partial charge in [0.25, 0.3) is 0 Å². The molecule has 0 fully saturated rings. The van der Waals surface area contributed by atoms with Crippen LogP contribution in [0.15, 0.2) is 0 Å². The van der Waals surface area contributed by atoms with Crippen LogP contribution in [0.3, 0.4) is 0 Å². The third-order valence-electron chi connectivity index (χ3n) is 11.9. The first-order chi connectivity index (χ1) is 32.6. The second-order valence-electron chi connectivity index (χ2n) is 18.6. The third-order valence-corrected chi connectivity index (χ3v) is 11.9. The summed E-state index contributed by atoms with van der Waals surface area (Å²) in [6.45, 7) is 5.11. The number of aliphatic carboxylic acids is 3. The Morgan fingerprint density at radius 1 is 0.368 bits per heavy atom. The largest absolute Gasteiger partial charge is 0.480 e. The molecule has 16 nitrogen and oxygen atoms in total. The Bertz CT molecular complexity index is 1180. The number of hydrogen-bond donors (Lipinski definition) is 9. The Morgan fingerprint density at radius 2 is 0.632 bits per heavy atom. The van der Waals surface area contributed by atoms with Gasteiger partial charge < -0.3 is 48.9 Å². The molecule has 0 saturated heterocycles. The molecule has 0 aromatic carbocycles. The highest BCUT2D eigenvalue weighted by atomic mass is 16.4. The molecule has 68 heavy (non-hydrogen) atoms. The molecule has 0 aliphatic heterocycles. The maximum absolute atomic E-state index is 11.8. The average molecular weight is 971 g/mol. The number of carboxylic acids is 3. The lowest BCUT2D eigenvalue weighted by Crippen LogP contribution is -2.41. The number of rotatable bonds is 47. The molecule has 3 atom stereocenters. The van der Waals surface area contributed by atoms with Gasteiger partial charge in [-0.2, -0.15) is 0 Å². The van der Waals surface area contributed by atoms with Gasteiger partial charge in [-0.3, -0.25) is 24.0 Å². The van der Waals surface area contributed by atoms with Gasteiger partial charge in [0, 0.05) is 25.7 Å². The van der Waals surface area contributed by atoms with Crippen LogP contribution < -0.4 is 33.6 Å². The molecule has 0 aromatic rings. The highest BCUT2D eigenvalue weighted by Gasteiger charge is 2.21. The van der Waals surface area contributed by atoms with Crippen molar-refractivity contribution in [2.45, 2.75) is 282 Å². The van der Waals surface area contributed by atoms with E-state index in [1.165, 1.54) is 154 Å². The van der Waals surface area contributed by atoms with E-state index in [0.717, 1.165) is 51.4 Å². The van der Waals surface area contributed by atoms with Crippen molar-refractivity contribution in [2.24, 2.45) is 22.9 Å². The van der Waals surface area contributed by atoms with Crippen LogP contribution in [0.4, 0.5) is 0 Å². The van der Waals surface area contributed by atoms with Gasteiger partial charge >= 0.3 is 17.9 Å². The smallest absolute Gasteiger partial charge is 0.326 e. The van der Waals surface area contributed by atoms with Crippen molar-refractivity contribution in [3.05, 3.63) is 0 Å². The van der Waals surface area contributed by atoms with Gasteiger partial charge in [-0.25, -0.2) is 9.59 Å². The molecule has 0 aliphatic carbocycles. The number of unbranched alkanes of at least 4 members (excludes halogenated alkanes) is 29. The van der Waals surface area contributed by atoms with E-state index in [-0.39, 0.29) is 37.5 Å². The Labute approximate surface area is 411 Å². The summed E-state index contributed by atoms with van der Waals surface area (Å²) in [6, 6.07) is -2.79. The molecule has 3 unspecified atom stereocenters. The van der Waals surface area contributed by atoms with E-state index < -0.39 is 47.8 Å². The maximum atomic E-state index is 11.8. The van der Waals surface area contributed by atoms with Crippen LogP contribution in [-0.4, -0.2) is 81.5 Å². The van der Waals surface area contributed by atoms with Gasteiger partial charge in [0.2, 0.25) is 23.6 Å². The number of carbonyl (C=O) groups is 7. The number of primary amides is 2. The molecular weight excluding hydrogens is 869 g/mol. The monoisotopic (exact) mass is 971 g/mol. The van der Waals surface area contributed by atoms with Gasteiger partial charge in [-0.1, -0.05) is 200 Å². The van der Waals surface area contributed by atoms with E-state index in [4.69, 9.17) is 38.3 Å². The average Bonchev–Trinajstić information content (AvgIpc) is 3.29. The molecule has 0 bridgehead atoms. The fraction of sp³-hybridized carbons (Fsp3) is 0.865. The minimum Gasteiger partial charge on any atom is -0.480 e. The molecule has 4 amide bonds. The van der Waals surface area contributed by atoms with Crippen molar-refractivity contribution in [3.63, 3.8) is 0 Å². The quantitative estimate of drug-likeness (QED) is 0.0257. The third kappa shape index (κ3) is 54.8. The lowest BCUT2D eigenvalue weighted by Gasteiger charge is -2.13. The highest BCUT2D eigenvalue weighted by molar-refractivity contribution is 5.85. The number of nitrogens with one attached hydrogen (secondary N) is 2. The first-order valence-electron chi connectivity index (χ1n) is 26.9.